The van der Waals surface area contributed by atoms with Crippen LogP contribution in [0.5, 0.6) is 0 Å². The number of halogens is 2. The van der Waals surface area contributed by atoms with Gasteiger partial charge in [0.1, 0.15) is 5.82 Å². The van der Waals surface area contributed by atoms with Crippen molar-refractivity contribution < 1.29 is 4.39 Å². The lowest BCUT2D eigenvalue weighted by Crippen LogP contribution is -2.04. The second kappa shape index (κ2) is 7.79. The molecule has 114 valence electrons. The van der Waals surface area contributed by atoms with E-state index in [9.17, 15) is 4.39 Å². The molecule has 0 saturated carbocycles. The smallest absolute Gasteiger partial charge is 0.145 e. The van der Waals surface area contributed by atoms with Crippen LogP contribution in [-0.2, 0) is 6.42 Å². The third-order valence-electron chi connectivity index (χ3n) is 4.20. The molecule has 0 nitrogen and oxygen atoms in total. The Hall–Kier alpha value is -1.08. The predicted octanol–water partition coefficient (Wildman–Crippen LogP) is 6.58. The maximum atomic E-state index is 14.1. The van der Waals surface area contributed by atoms with Crippen molar-refractivity contribution in [3.05, 3.63) is 52.3 Å². The van der Waals surface area contributed by atoms with Gasteiger partial charge in [-0.3, -0.25) is 0 Å². The molecule has 2 rings (SSSR count). The minimum Gasteiger partial charge on any atom is -0.205 e. The largest absolute Gasteiger partial charge is 0.205 e. The molecule has 1 unspecified atom stereocenters. The van der Waals surface area contributed by atoms with Gasteiger partial charge in [0.25, 0.3) is 0 Å². The number of allylic oxidation sites excluding steroid dienone is 4. The summed E-state index contributed by atoms with van der Waals surface area (Å²) in [7, 11) is 0. The van der Waals surface area contributed by atoms with Gasteiger partial charge in [0.05, 0.1) is 5.02 Å². The van der Waals surface area contributed by atoms with Gasteiger partial charge >= 0.3 is 0 Å². The van der Waals surface area contributed by atoms with Crippen molar-refractivity contribution in [2.45, 2.75) is 52.4 Å². The van der Waals surface area contributed by atoms with Gasteiger partial charge in [0, 0.05) is 0 Å². The van der Waals surface area contributed by atoms with Crippen molar-refractivity contribution in [3.63, 3.8) is 0 Å². The van der Waals surface area contributed by atoms with Crippen LogP contribution in [-0.4, -0.2) is 0 Å². The number of unbranched alkanes of at least 4 members (excludes halogenated alkanes) is 1. The molecule has 1 aliphatic carbocycles. The Labute approximate surface area is 132 Å². The first-order valence-electron chi connectivity index (χ1n) is 8.00. The molecular formula is C19H24ClF. The van der Waals surface area contributed by atoms with E-state index < -0.39 is 0 Å². The van der Waals surface area contributed by atoms with E-state index in [4.69, 9.17) is 11.6 Å². The molecule has 0 radical (unpaired) electrons. The lowest BCUT2D eigenvalue weighted by Gasteiger charge is -2.20. The summed E-state index contributed by atoms with van der Waals surface area (Å²) in [5.41, 5.74) is 2.77. The van der Waals surface area contributed by atoms with Crippen LogP contribution in [0.2, 0.25) is 5.02 Å². The van der Waals surface area contributed by atoms with Crippen molar-refractivity contribution in [1.82, 2.24) is 0 Å². The highest BCUT2D eigenvalue weighted by Crippen LogP contribution is 2.36. The van der Waals surface area contributed by atoms with Gasteiger partial charge in [0.2, 0.25) is 0 Å². The molecule has 0 heterocycles. The van der Waals surface area contributed by atoms with Crippen LogP contribution in [0, 0.1) is 11.7 Å². The fourth-order valence-electron chi connectivity index (χ4n) is 2.84. The van der Waals surface area contributed by atoms with Gasteiger partial charge in [0.15, 0.2) is 0 Å². The van der Waals surface area contributed by atoms with Crippen LogP contribution in [0.25, 0.3) is 5.57 Å². The number of aryl methyl sites for hydroxylation is 1. The molecule has 0 bridgehead atoms. The highest BCUT2D eigenvalue weighted by atomic mass is 35.5. The summed E-state index contributed by atoms with van der Waals surface area (Å²) in [6.07, 6.45) is 13.0. The van der Waals surface area contributed by atoms with E-state index in [0.29, 0.717) is 22.9 Å². The maximum Gasteiger partial charge on any atom is 0.145 e. The normalized spacial score (nSPS) is 19.0. The van der Waals surface area contributed by atoms with E-state index in [1.54, 1.807) is 0 Å². The molecule has 0 amide bonds. The van der Waals surface area contributed by atoms with Crippen LogP contribution in [0.3, 0.4) is 0 Å². The van der Waals surface area contributed by atoms with E-state index in [-0.39, 0.29) is 5.82 Å². The first kappa shape index (κ1) is 16.3. The van der Waals surface area contributed by atoms with Gasteiger partial charge in [-0.25, -0.2) is 4.39 Å². The molecule has 0 spiro atoms. The second-order valence-corrected chi connectivity index (χ2v) is 6.11. The van der Waals surface area contributed by atoms with E-state index in [1.807, 2.05) is 19.1 Å². The minimum absolute atomic E-state index is 0.248. The molecule has 2 heteroatoms. The topological polar surface area (TPSA) is 0 Å². The average Bonchev–Trinajstić information content (AvgIpc) is 2.51. The Morgan fingerprint density at radius 1 is 1.33 bits per heavy atom. The molecule has 21 heavy (non-hydrogen) atoms. The predicted molar refractivity (Wildman–Crippen MR) is 90.2 cm³/mol. The van der Waals surface area contributed by atoms with E-state index in [0.717, 1.165) is 31.2 Å². The van der Waals surface area contributed by atoms with Gasteiger partial charge in [-0.05, 0) is 54.7 Å². The third-order valence-corrected chi connectivity index (χ3v) is 4.57. The summed E-state index contributed by atoms with van der Waals surface area (Å²) in [5.74, 6) is 0.376. The fourth-order valence-corrected chi connectivity index (χ4v) is 3.15. The first-order valence-corrected chi connectivity index (χ1v) is 8.38. The van der Waals surface area contributed by atoms with Crippen molar-refractivity contribution in [2.75, 3.05) is 0 Å². The fraction of sp³-hybridized carbons (Fsp3) is 0.474. The van der Waals surface area contributed by atoms with Crippen molar-refractivity contribution in [3.8, 4) is 0 Å². The Bertz CT molecular complexity index is 543. The second-order valence-electron chi connectivity index (χ2n) is 5.73. The maximum absolute atomic E-state index is 14.1. The zero-order chi connectivity index (χ0) is 15.2. The number of benzene rings is 1. The Morgan fingerprint density at radius 2 is 2.14 bits per heavy atom. The zero-order valence-corrected chi connectivity index (χ0v) is 13.7. The summed E-state index contributed by atoms with van der Waals surface area (Å²) in [6, 6.07) is 3.84. The SMILES string of the molecule is CCCC=CC1CC=C(c2ccc(CC)c(F)c2Cl)CC1. The van der Waals surface area contributed by atoms with Crippen LogP contribution >= 0.6 is 11.6 Å². The molecule has 0 N–H and O–H groups in total. The monoisotopic (exact) mass is 306 g/mol. The van der Waals surface area contributed by atoms with E-state index >= 15 is 0 Å². The lowest BCUT2D eigenvalue weighted by atomic mass is 9.86. The van der Waals surface area contributed by atoms with Gasteiger partial charge in [-0.1, -0.05) is 62.2 Å². The van der Waals surface area contributed by atoms with E-state index in [2.05, 4.69) is 25.2 Å². The first-order chi connectivity index (χ1) is 10.2. The number of hydrogen-bond acceptors (Lipinski definition) is 0. The van der Waals surface area contributed by atoms with Gasteiger partial charge < -0.3 is 0 Å². The highest BCUT2D eigenvalue weighted by molar-refractivity contribution is 6.32. The standard InChI is InChI=1S/C19H24ClF/c1-3-5-6-7-14-8-10-16(11-9-14)17-13-12-15(4-2)19(21)18(17)20/h6-7,10,12-14H,3-5,8-9,11H2,1-2H3. The van der Waals surface area contributed by atoms with Gasteiger partial charge in [-0.2, -0.15) is 0 Å². The minimum atomic E-state index is -0.248. The molecule has 1 atom stereocenters. The van der Waals surface area contributed by atoms with Crippen LogP contribution < -0.4 is 0 Å². The Morgan fingerprint density at radius 3 is 2.76 bits per heavy atom. The van der Waals surface area contributed by atoms with Crippen LogP contribution in [0.15, 0.2) is 30.4 Å². The van der Waals surface area contributed by atoms with Crippen LogP contribution in [0.4, 0.5) is 4.39 Å². The van der Waals surface area contributed by atoms with E-state index in [1.165, 1.54) is 12.0 Å². The van der Waals surface area contributed by atoms with Crippen molar-refractivity contribution in [1.29, 1.82) is 0 Å². The molecule has 1 aromatic carbocycles. The van der Waals surface area contributed by atoms with Gasteiger partial charge in [-0.15, -0.1) is 0 Å². The zero-order valence-electron chi connectivity index (χ0n) is 13.0. The molecule has 0 saturated heterocycles. The molecule has 0 fully saturated rings. The summed E-state index contributed by atoms with van der Waals surface area (Å²) in [5, 5.41) is 0.292. The Balaban J connectivity index is 2.12. The highest BCUT2D eigenvalue weighted by Gasteiger charge is 2.18. The molecule has 1 aromatic rings. The summed E-state index contributed by atoms with van der Waals surface area (Å²) >= 11 is 6.22. The number of hydrogen-bond donors (Lipinski definition) is 0. The average molecular weight is 307 g/mol. The van der Waals surface area contributed by atoms with Crippen LogP contribution in [0.1, 0.15) is 57.1 Å². The van der Waals surface area contributed by atoms with Crippen molar-refractivity contribution >= 4 is 17.2 Å². The molecule has 0 aliphatic heterocycles. The summed E-state index contributed by atoms with van der Waals surface area (Å²) < 4.78 is 14.1. The van der Waals surface area contributed by atoms with Crippen molar-refractivity contribution in [2.24, 2.45) is 5.92 Å². The lowest BCUT2D eigenvalue weighted by molar-refractivity contribution is 0.588. The Kier molecular flexibility index (Phi) is 6.05. The number of rotatable bonds is 5. The molecule has 0 aromatic heterocycles. The molecular weight excluding hydrogens is 283 g/mol. The summed E-state index contributed by atoms with van der Waals surface area (Å²) in [6.45, 7) is 4.14. The molecule has 1 aliphatic rings. The summed E-state index contributed by atoms with van der Waals surface area (Å²) in [4.78, 5) is 0. The quantitative estimate of drug-likeness (QED) is 0.539. The third kappa shape index (κ3) is 3.97.